The molecule has 2 rings (SSSR count). The Hall–Kier alpha value is -2.28. The first-order valence-electron chi connectivity index (χ1n) is 9.85. The number of benzene rings is 1. The highest BCUT2D eigenvalue weighted by Gasteiger charge is 2.08. The molecule has 2 N–H and O–H groups in total. The molecule has 0 spiro atoms. The van der Waals surface area contributed by atoms with Crippen LogP contribution < -0.4 is 20.1 Å². The van der Waals surface area contributed by atoms with E-state index in [-0.39, 0.29) is 6.10 Å². The Balaban J connectivity index is 1.74. The van der Waals surface area contributed by atoms with Crippen molar-refractivity contribution in [1.29, 1.82) is 0 Å². The second-order valence-electron chi connectivity index (χ2n) is 6.57. The minimum atomic E-state index is -0.0556. The number of thiazole rings is 1. The van der Waals surface area contributed by atoms with Crippen molar-refractivity contribution < 1.29 is 9.47 Å². The van der Waals surface area contributed by atoms with Crippen molar-refractivity contribution in [3.63, 3.8) is 0 Å². The summed E-state index contributed by atoms with van der Waals surface area (Å²) in [5.74, 6) is 2.30. The molecule has 1 aromatic carbocycles. The Morgan fingerprint density at radius 3 is 2.68 bits per heavy atom. The van der Waals surface area contributed by atoms with Gasteiger partial charge in [0.15, 0.2) is 17.5 Å². The van der Waals surface area contributed by atoms with E-state index in [9.17, 15) is 0 Å². The van der Waals surface area contributed by atoms with E-state index in [1.165, 1.54) is 5.01 Å². The molecule has 1 heterocycles. The van der Waals surface area contributed by atoms with Gasteiger partial charge in [-0.25, -0.2) is 9.98 Å². The van der Waals surface area contributed by atoms with Gasteiger partial charge in [-0.3, -0.25) is 0 Å². The van der Waals surface area contributed by atoms with Gasteiger partial charge in [-0.2, -0.15) is 0 Å². The van der Waals surface area contributed by atoms with Crippen LogP contribution in [0.4, 0.5) is 0 Å². The molecule has 1 unspecified atom stereocenters. The van der Waals surface area contributed by atoms with E-state index < -0.39 is 0 Å². The number of nitrogens with zero attached hydrogens (tertiary/aromatic N) is 2. The Labute approximate surface area is 172 Å². The lowest BCUT2D eigenvalue weighted by Gasteiger charge is -2.16. The minimum Gasteiger partial charge on any atom is -0.493 e. The second kappa shape index (κ2) is 12.2. The lowest BCUT2D eigenvalue weighted by Crippen LogP contribution is -2.38. The molecule has 1 atom stereocenters. The molecule has 0 saturated heterocycles. The highest BCUT2D eigenvalue weighted by atomic mass is 32.1. The standard InChI is InChI=1S/C21H32N4O2S/c1-5-22-21(23-13-9-8-12-20-25-16(2)15-28-20)24-14-17(3)27-19-11-7-6-10-18(19)26-4/h6-7,10-11,15,17H,5,8-9,12-14H2,1-4H3,(H2,22,23,24). The topological polar surface area (TPSA) is 67.8 Å². The van der Waals surface area contributed by atoms with Gasteiger partial charge in [-0.1, -0.05) is 12.1 Å². The van der Waals surface area contributed by atoms with Crippen LogP contribution in [0.25, 0.3) is 0 Å². The summed E-state index contributed by atoms with van der Waals surface area (Å²) in [7, 11) is 1.65. The van der Waals surface area contributed by atoms with Crippen molar-refractivity contribution in [3.8, 4) is 11.5 Å². The highest BCUT2D eigenvalue weighted by molar-refractivity contribution is 7.09. The van der Waals surface area contributed by atoms with Crippen molar-refractivity contribution >= 4 is 17.3 Å². The van der Waals surface area contributed by atoms with Crippen molar-refractivity contribution in [1.82, 2.24) is 15.6 Å². The number of nitrogens with one attached hydrogen (secondary N) is 2. The van der Waals surface area contributed by atoms with Crippen LogP contribution >= 0.6 is 11.3 Å². The van der Waals surface area contributed by atoms with Crippen LogP contribution in [0.15, 0.2) is 34.6 Å². The summed E-state index contributed by atoms with van der Waals surface area (Å²) < 4.78 is 11.3. The van der Waals surface area contributed by atoms with Gasteiger partial charge in [0.25, 0.3) is 0 Å². The molecule has 6 nitrogen and oxygen atoms in total. The average Bonchev–Trinajstić information content (AvgIpc) is 3.11. The van der Waals surface area contributed by atoms with Gasteiger partial charge in [-0.05, 0) is 52.2 Å². The maximum atomic E-state index is 5.97. The largest absolute Gasteiger partial charge is 0.493 e. The number of methoxy groups -OCH3 is 1. The molecule has 7 heteroatoms. The molecule has 1 aromatic heterocycles. The SMILES string of the molecule is CCNC(=NCC(C)Oc1ccccc1OC)NCCCCc1nc(C)cs1. The summed E-state index contributed by atoms with van der Waals surface area (Å²) in [6.45, 7) is 8.39. The lowest BCUT2D eigenvalue weighted by molar-refractivity contribution is 0.219. The molecular weight excluding hydrogens is 372 g/mol. The lowest BCUT2D eigenvalue weighted by atomic mass is 10.2. The Morgan fingerprint density at radius 1 is 1.21 bits per heavy atom. The molecule has 0 aliphatic heterocycles. The maximum absolute atomic E-state index is 5.97. The monoisotopic (exact) mass is 404 g/mol. The smallest absolute Gasteiger partial charge is 0.191 e. The number of ether oxygens (including phenoxy) is 2. The first-order chi connectivity index (χ1) is 13.6. The first-order valence-corrected chi connectivity index (χ1v) is 10.7. The fourth-order valence-electron chi connectivity index (χ4n) is 2.66. The van der Waals surface area contributed by atoms with Crippen molar-refractivity contribution in [2.75, 3.05) is 26.7 Å². The van der Waals surface area contributed by atoms with Gasteiger partial charge < -0.3 is 20.1 Å². The van der Waals surface area contributed by atoms with Gasteiger partial charge in [0.05, 0.1) is 18.7 Å². The molecule has 0 amide bonds. The predicted molar refractivity (Wildman–Crippen MR) is 117 cm³/mol. The van der Waals surface area contributed by atoms with Crippen LogP contribution in [-0.2, 0) is 6.42 Å². The number of hydrogen-bond donors (Lipinski definition) is 2. The Kier molecular flexibility index (Phi) is 9.62. The molecule has 0 aliphatic carbocycles. The molecule has 28 heavy (non-hydrogen) atoms. The van der Waals surface area contributed by atoms with Gasteiger partial charge in [0.2, 0.25) is 0 Å². The fourth-order valence-corrected chi connectivity index (χ4v) is 3.48. The summed E-state index contributed by atoms with van der Waals surface area (Å²) >= 11 is 1.75. The summed E-state index contributed by atoms with van der Waals surface area (Å²) in [5, 5.41) is 10.0. The van der Waals surface area contributed by atoms with Crippen LogP contribution in [-0.4, -0.2) is 43.8 Å². The number of aliphatic imine (C=N–C) groups is 1. The third-order valence-corrected chi connectivity index (χ3v) is 5.05. The van der Waals surface area contributed by atoms with E-state index in [0.29, 0.717) is 6.54 Å². The van der Waals surface area contributed by atoms with Crippen molar-refractivity contribution in [2.45, 2.75) is 46.1 Å². The number of para-hydroxylation sites is 2. The number of hydrogen-bond acceptors (Lipinski definition) is 5. The average molecular weight is 405 g/mol. The van der Waals surface area contributed by atoms with E-state index in [1.54, 1.807) is 18.4 Å². The molecule has 0 radical (unpaired) electrons. The van der Waals surface area contributed by atoms with Crippen molar-refractivity contribution in [3.05, 3.63) is 40.3 Å². The number of aryl methyl sites for hydroxylation is 2. The van der Waals surface area contributed by atoms with Crippen molar-refractivity contribution in [2.24, 2.45) is 4.99 Å². The van der Waals surface area contributed by atoms with Crippen LogP contribution in [0.2, 0.25) is 0 Å². The molecule has 0 bridgehead atoms. The Morgan fingerprint density at radius 2 is 2.00 bits per heavy atom. The third-order valence-electron chi connectivity index (χ3n) is 4.02. The molecule has 0 aliphatic rings. The van der Waals surface area contributed by atoms with E-state index in [1.807, 2.05) is 38.1 Å². The van der Waals surface area contributed by atoms with Gasteiger partial charge in [0.1, 0.15) is 6.10 Å². The van der Waals surface area contributed by atoms with Crippen LogP contribution in [0.5, 0.6) is 11.5 Å². The quantitative estimate of drug-likeness (QED) is 0.339. The maximum Gasteiger partial charge on any atom is 0.191 e. The number of rotatable bonds is 11. The number of guanidine groups is 1. The molecule has 0 saturated carbocycles. The summed E-state index contributed by atoms with van der Waals surface area (Å²) in [6, 6.07) is 7.67. The Bertz CT molecular complexity index is 733. The fraction of sp³-hybridized carbons (Fsp3) is 0.524. The van der Waals surface area contributed by atoms with Gasteiger partial charge >= 0.3 is 0 Å². The minimum absolute atomic E-state index is 0.0556. The zero-order valence-electron chi connectivity index (χ0n) is 17.3. The molecular formula is C21H32N4O2S. The third kappa shape index (κ3) is 7.76. The van der Waals surface area contributed by atoms with E-state index >= 15 is 0 Å². The van der Waals surface area contributed by atoms with E-state index in [0.717, 1.165) is 55.5 Å². The molecule has 0 fully saturated rings. The summed E-state index contributed by atoms with van der Waals surface area (Å²) in [5.41, 5.74) is 1.11. The van der Waals surface area contributed by atoms with Gasteiger partial charge in [-0.15, -0.1) is 11.3 Å². The molecule has 2 aromatic rings. The summed E-state index contributed by atoms with van der Waals surface area (Å²) in [4.78, 5) is 9.15. The predicted octanol–water partition coefficient (Wildman–Crippen LogP) is 3.81. The second-order valence-corrected chi connectivity index (χ2v) is 7.51. The zero-order chi connectivity index (χ0) is 20.2. The number of aromatic nitrogens is 1. The van der Waals surface area contributed by atoms with Crippen LogP contribution in [0, 0.1) is 6.92 Å². The number of unbranched alkanes of at least 4 members (excludes halogenated alkanes) is 1. The summed E-state index contributed by atoms with van der Waals surface area (Å²) in [6.07, 6.45) is 3.18. The normalized spacial score (nSPS) is 12.5. The first kappa shape index (κ1) is 22.0. The van der Waals surface area contributed by atoms with Gasteiger partial charge in [0, 0.05) is 24.2 Å². The van der Waals surface area contributed by atoms with Crippen LogP contribution in [0.3, 0.4) is 0 Å². The van der Waals surface area contributed by atoms with E-state index in [4.69, 9.17) is 9.47 Å². The zero-order valence-corrected chi connectivity index (χ0v) is 18.1. The highest BCUT2D eigenvalue weighted by Crippen LogP contribution is 2.26. The molecule has 154 valence electrons. The van der Waals surface area contributed by atoms with E-state index in [2.05, 4.69) is 32.9 Å². The van der Waals surface area contributed by atoms with Crippen LogP contribution in [0.1, 0.15) is 37.4 Å².